The summed E-state index contributed by atoms with van der Waals surface area (Å²) in [5.41, 5.74) is 6.56. The van der Waals surface area contributed by atoms with Crippen molar-refractivity contribution in [3.63, 3.8) is 0 Å². The molecule has 5 rings (SSSR count). The van der Waals surface area contributed by atoms with Crippen molar-refractivity contribution >= 4 is 39.6 Å². The predicted molar refractivity (Wildman–Crippen MR) is 117 cm³/mol. The Bertz CT molecular complexity index is 1140. The SMILES string of the molecule is Nc1ncn(CCC2CN(C(=O)O)CCO2)c2nc(Sc3cc4c(cc3Br)OCO4)nc1-2. The van der Waals surface area contributed by atoms with Crippen molar-refractivity contribution in [1.29, 1.82) is 0 Å². The van der Waals surface area contributed by atoms with Crippen LogP contribution in [0.25, 0.3) is 11.5 Å². The molecule has 0 spiro atoms. The van der Waals surface area contributed by atoms with Gasteiger partial charge in [0.15, 0.2) is 34.0 Å². The highest BCUT2D eigenvalue weighted by molar-refractivity contribution is 9.10. The van der Waals surface area contributed by atoms with Crippen LogP contribution in [-0.4, -0.2) is 68.2 Å². The van der Waals surface area contributed by atoms with E-state index < -0.39 is 6.09 Å². The molecule has 0 aromatic heterocycles. The number of aryl methyl sites for hydroxylation is 1. The number of fused-ring (bicyclic) bond motifs is 2. The van der Waals surface area contributed by atoms with Gasteiger partial charge in [-0.25, -0.2) is 19.7 Å². The van der Waals surface area contributed by atoms with Crippen molar-refractivity contribution in [1.82, 2.24) is 24.4 Å². The van der Waals surface area contributed by atoms with E-state index >= 15 is 0 Å². The van der Waals surface area contributed by atoms with E-state index in [9.17, 15) is 9.90 Å². The smallest absolute Gasteiger partial charge is 0.407 e. The molecule has 11 nitrogen and oxygen atoms in total. The highest BCUT2D eigenvalue weighted by atomic mass is 79.9. The van der Waals surface area contributed by atoms with Gasteiger partial charge in [0.05, 0.1) is 25.6 Å². The van der Waals surface area contributed by atoms with E-state index in [4.69, 9.17) is 19.9 Å². The Labute approximate surface area is 195 Å². The first-order valence-electron chi connectivity index (χ1n) is 9.83. The molecule has 32 heavy (non-hydrogen) atoms. The summed E-state index contributed by atoms with van der Waals surface area (Å²) >= 11 is 4.93. The summed E-state index contributed by atoms with van der Waals surface area (Å²) in [6.45, 7) is 1.85. The number of anilines is 1. The van der Waals surface area contributed by atoms with Crippen LogP contribution in [0.15, 0.2) is 33.0 Å². The molecule has 1 unspecified atom stereocenters. The molecule has 0 bridgehead atoms. The minimum Gasteiger partial charge on any atom is -0.465 e. The second-order valence-electron chi connectivity index (χ2n) is 7.25. The van der Waals surface area contributed by atoms with Gasteiger partial charge in [-0.2, -0.15) is 0 Å². The second kappa shape index (κ2) is 8.64. The maximum atomic E-state index is 11.2. The van der Waals surface area contributed by atoms with Crippen LogP contribution in [0.1, 0.15) is 6.42 Å². The molecule has 13 heteroatoms. The number of hydrogen-bond donors (Lipinski definition) is 2. The van der Waals surface area contributed by atoms with Crippen molar-refractivity contribution in [2.45, 2.75) is 29.1 Å². The number of aromatic nitrogens is 4. The largest absolute Gasteiger partial charge is 0.465 e. The van der Waals surface area contributed by atoms with Crippen molar-refractivity contribution in [2.24, 2.45) is 0 Å². The number of nitrogen functional groups attached to an aromatic ring is 1. The van der Waals surface area contributed by atoms with Gasteiger partial charge in [-0.05, 0) is 46.2 Å². The normalized spacial score (nSPS) is 17.8. The number of imidazole rings is 1. The lowest BCUT2D eigenvalue weighted by molar-refractivity contribution is -0.0270. The maximum absolute atomic E-state index is 11.2. The monoisotopic (exact) mass is 522 g/mol. The van der Waals surface area contributed by atoms with Gasteiger partial charge in [0.25, 0.3) is 0 Å². The number of carboxylic acid groups (broad SMARTS) is 1. The third-order valence-electron chi connectivity index (χ3n) is 5.20. The number of benzene rings is 1. The summed E-state index contributed by atoms with van der Waals surface area (Å²) in [5.74, 6) is 2.27. The Hall–Kier alpha value is -2.77. The third-order valence-corrected chi connectivity index (χ3v) is 7.04. The molecule has 4 heterocycles. The molecule has 4 aliphatic rings. The maximum Gasteiger partial charge on any atom is 0.407 e. The first-order valence-corrected chi connectivity index (χ1v) is 11.4. The van der Waals surface area contributed by atoms with Crippen LogP contribution < -0.4 is 15.2 Å². The van der Waals surface area contributed by atoms with Crippen LogP contribution in [-0.2, 0) is 11.3 Å². The summed E-state index contributed by atoms with van der Waals surface area (Å²) < 4.78 is 19.3. The minimum absolute atomic E-state index is 0.193. The lowest BCUT2D eigenvalue weighted by Gasteiger charge is -2.31. The first kappa shape index (κ1) is 21.1. The lowest BCUT2D eigenvalue weighted by atomic mass is 10.2. The first-order chi connectivity index (χ1) is 15.5. The summed E-state index contributed by atoms with van der Waals surface area (Å²) in [7, 11) is 0. The molecule has 3 N–H and O–H groups in total. The van der Waals surface area contributed by atoms with Gasteiger partial charge in [0, 0.05) is 22.5 Å². The molecule has 4 aliphatic heterocycles. The van der Waals surface area contributed by atoms with Crippen LogP contribution in [0.5, 0.6) is 11.5 Å². The highest BCUT2D eigenvalue weighted by Crippen LogP contribution is 2.43. The van der Waals surface area contributed by atoms with Crippen LogP contribution in [0.4, 0.5) is 10.6 Å². The van der Waals surface area contributed by atoms with Gasteiger partial charge < -0.3 is 34.5 Å². The van der Waals surface area contributed by atoms with Gasteiger partial charge in [-0.15, -0.1) is 0 Å². The molecule has 168 valence electrons. The summed E-state index contributed by atoms with van der Waals surface area (Å²) in [5, 5.41) is 9.74. The summed E-state index contributed by atoms with van der Waals surface area (Å²) in [6.07, 6.45) is 1.11. The Morgan fingerprint density at radius 1 is 1.31 bits per heavy atom. The van der Waals surface area contributed by atoms with Crippen LogP contribution >= 0.6 is 27.7 Å². The number of halogens is 1. The lowest BCUT2D eigenvalue weighted by Crippen LogP contribution is -2.45. The summed E-state index contributed by atoms with van der Waals surface area (Å²) in [6, 6.07) is 3.73. The Morgan fingerprint density at radius 3 is 2.94 bits per heavy atom. The average molecular weight is 523 g/mol. The molecule has 1 fully saturated rings. The Morgan fingerprint density at radius 2 is 2.12 bits per heavy atom. The minimum atomic E-state index is -0.930. The third kappa shape index (κ3) is 4.14. The van der Waals surface area contributed by atoms with Crippen molar-refractivity contribution < 1.29 is 24.1 Å². The van der Waals surface area contributed by atoms with Crippen molar-refractivity contribution in [3.05, 3.63) is 22.9 Å². The van der Waals surface area contributed by atoms with E-state index in [1.54, 1.807) is 6.33 Å². The Kier molecular flexibility index (Phi) is 5.69. The molecule has 1 aromatic carbocycles. The van der Waals surface area contributed by atoms with E-state index in [1.807, 2.05) is 16.7 Å². The number of nitrogens with two attached hydrogens (primary N) is 1. The van der Waals surface area contributed by atoms with Crippen molar-refractivity contribution in [3.8, 4) is 23.0 Å². The van der Waals surface area contributed by atoms with Gasteiger partial charge >= 0.3 is 6.09 Å². The fraction of sp³-hybridized carbons (Fsp3) is 0.368. The Balaban J connectivity index is 1.35. The average Bonchev–Trinajstić information content (AvgIpc) is 3.41. The molecule has 1 aromatic rings. The quantitative estimate of drug-likeness (QED) is 0.514. The van der Waals surface area contributed by atoms with Crippen LogP contribution in [0, 0.1) is 0 Å². The number of carbonyl (C=O) groups is 1. The molecule has 1 atom stereocenters. The number of morpholine rings is 1. The fourth-order valence-corrected chi connectivity index (χ4v) is 4.92. The zero-order valence-electron chi connectivity index (χ0n) is 16.7. The number of amides is 1. The molecule has 1 saturated heterocycles. The molecule has 0 aliphatic carbocycles. The van der Waals surface area contributed by atoms with Crippen LogP contribution in [0.3, 0.4) is 0 Å². The predicted octanol–water partition coefficient (Wildman–Crippen LogP) is 2.77. The molecular weight excluding hydrogens is 504 g/mol. The number of nitrogens with zero attached hydrogens (tertiary/aromatic N) is 5. The number of hydrogen-bond acceptors (Lipinski definition) is 9. The summed E-state index contributed by atoms with van der Waals surface area (Å²) in [4.78, 5) is 27.0. The van der Waals surface area contributed by atoms with Gasteiger partial charge in [0.1, 0.15) is 0 Å². The zero-order valence-corrected chi connectivity index (χ0v) is 19.1. The second-order valence-corrected chi connectivity index (χ2v) is 9.11. The standard InChI is InChI=1S/C19H19BrN6O5S/c20-11-5-12-13(31-9-30-12)6-14(11)32-18-23-15-16(21)22-8-26(17(15)24-18)2-1-10-7-25(19(27)28)3-4-29-10/h5-6,8,10H,1-4,7,9,21H2,(H,27,28). The van der Waals surface area contributed by atoms with Gasteiger partial charge in [-0.1, -0.05) is 0 Å². The van der Waals surface area contributed by atoms with Crippen LogP contribution in [0.2, 0.25) is 0 Å². The number of ether oxygens (including phenoxy) is 3. The fourth-order valence-electron chi connectivity index (χ4n) is 3.57. The van der Waals surface area contributed by atoms with E-state index in [-0.39, 0.29) is 12.9 Å². The highest BCUT2D eigenvalue weighted by Gasteiger charge is 2.25. The van der Waals surface area contributed by atoms with Crippen molar-refractivity contribution in [2.75, 3.05) is 32.2 Å². The topological polar surface area (TPSA) is 138 Å². The number of rotatable bonds is 5. The van der Waals surface area contributed by atoms with E-state index in [0.717, 1.165) is 9.37 Å². The van der Waals surface area contributed by atoms with Gasteiger partial charge in [-0.3, -0.25) is 0 Å². The van der Waals surface area contributed by atoms with E-state index in [1.165, 1.54) is 16.7 Å². The van der Waals surface area contributed by atoms with E-state index in [0.29, 0.717) is 66.7 Å². The molecule has 1 amide bonds. The molecular formula is C19H19BrN6O5S. The van der Waals surface area contributed by atoms with Gasteiger partial charge in [0.2, 0.25) is 6.79 Å². The zero-order chi connectivity index (χ0) is 22.2. The van der Waals surface area contributed by atoms with E-state index in [2.05, 4.69) is 30.9 Å². The molecule has 0 saturated carbocycles. The molecule has 0 radical (unpaired) electrons.